The summed E-state index contributed by atoms with van der Waals surface area (Å²) in [6.45, 7) is 2.67. The maximum absolute atomic E-state index is 11.2. The van der Waals surface area contributed by atoms with Crippen molar-refractivity contribution in [2.45, 2.75) is 44.7 Å². The molecule has 116 valence electrons. The quantitative estimate of drug-likeness (QED) is 0.847. The van der Waals surface area contributed by atoms with Crippen molar-refractivity contribution in [3.63, 3.8) is 0 Å². The highest BCUT2D eigenvalue weighted by atomic mass is 16.4. The van der Waals surface area contributed by atoms with Gasteiger partial charge in [-0.3, -0.25) is 9.69 Å². The van der Waals surface area contributed by atoms with Gasteiger partial charge in [0.25, 0.3) is 0 Å². The van der Waals surface area contributed by atoms with Crippen LogP contribution in [0.1, 0.15) is 31.7 Å². The average molecular weight is 297 g/mol. The minimum atomic E-state index is -0.711. The molecule has 2 aromatic rings. The SMILES string of the molecule is CC(C(=O)O)N(CCCc1cccc2ccccc12)C1CC1. The van der Waals surface area contributed by atoms with E-state index in [4.69, 9.17) is 0 Å². The highest BCUT2D eigenvalue weighted by Crippen LogP contribution is 2.29. The first-order valence-corrected chi connectivity index (χ1v) is 8.12. The van der Waals surface area contributed by atoms with Crippen LogP contribution in [0.2, 0.25) is 0 Å². The van der Waals surface area contributed by atoms with Gasteiger partial charge in [0.05, 0.1) is 0 Å². The van der Waals surface area contributed by atoms with Gasteiger partial charge in [-0.1, -0.05) is 42.5 Å². The summed E-state index contributed by atoms with van der Waals surface area (Å²) in [6.07, 6.45) is 4.29. The van der Waals surface area contributed by atoms with Crippen LogP contribution in [-0.4, -0.2) is 34.6 Å². The van der Waals surface area contributed by atoms with Gasteiger partial charge in [-0.05, 0) is 55.5 Å². The summed E-state index contributed by atoms with van der Waals surface area (Å²) in [6, 6.07) is 15.0. The van der Waals surface area contributed by atoms with Gasteiger partial charge < -0.3 is 5.11 Å². The highest BCUT2D eigenvalue weighted by molar-refractivity contribution is 5.85. The minimum Gasteiger partial charge on any atom is -0.480 e. The molecule has 2 aromatic carbocycles. The second-order valence-electron chi connectivity index (χ2n) is 6.23. The van der Waals surface area contributed by atoms with Crippen molar-refractivity contribution in [1.29, 1.82) is 0 Å². The van der Waals surface area contributed by atoms with E-state index in [0.29, 0.717) is 6.04 Å². The van der Waals surface area contributed by atoms with Crippen LogP contribution in [0.3, 0.4) is 0 Å². The van der Waals surface area contributed by atoms with Gasteiger partial charge in [0.1, 0.15) is 6.04 Å². The van der Waals surface area contributed by atoms with Crippen molar-refractivity contribution >= 4 is 16.7 Å². The van der Waals surface area contributed by atoms with E-state index in [1.807, 2.05) is 0 Å². The van der Waals surface area contributed by atoms with Gasteiger partial charge in [0.2, 0.25) is 0 Å². The fourth-order valence-corrected chi connectivity index (χ4v) is 3.20. The summed E-state index contributed by atoms with van der Waals surface area (Å²) < 4.78 is 0. The molecule has 0 bridgehead atoms. The second-order valence-corrected chi connectivity index (χ2v) is 6.23. The lowest BCUT2D eigenvalue weighted by atomic mass is 10.0. The zero-order valence-corrected chi connectivity index (χ0v) is 13.0. The minimum absolute atomic E-state index is 0.375. The predicted octanol–water partition coefficient (Wildman–Crippen LogP) is 3.71. The van der Waals surface area contributed by atoms with E-state index in [9.17, 15) is 9.90 Å². The number of aliphatic carboxylic acids is 1. The number of hydrogen-bond donors (Lipinski definition) is 1. The first kappa shape index (κ1) is 15.0. The molecule has 0 radical (unpaired) electrons. The van der Waals surface area contributed by atoms with E-state index in [1.165, 1.54) is 16.3 Å². The molecule has 1 atom stereocenters. The van der Waals surface area contributed by atoms with Crippen molar-refractivity contribution in [1.82, 2.24) is 4.90 Å². The Bertz CT molecular complexity index is 658. The fraction of sp³-hybridized carbons (Fsp3) is 0.421. The topological polar surface area (TPSA) is 40.5 Å². The molecule has 3 heteroatoms. The Kier molecular flexibility index (Phi) is 4.44. The van der Waals surface area contributed by atoms with E-state index in [0.717, 1.165) is 32.2 Å². The van der Waals surface area contributed by atoms with Gasteiger partial charge in [0.15, 0.2) is 0 Å². The number of aryl methyl sites for hydroxylation is 1. The van der Waals surface area contributed by atoms with Gasteiger partial charge >= 0.3 is 5.97 Å². The van der Waals surface area contributed by atoms with Crippen LogP contribution in [0.5, 0.6) is 0 Å². The Labute approximate surface area is 131 Å². The normalized spacial score (nSPS) is 16.1. The number of nitrogens with zero attached hydrogens (tertiary/aromatic N) is 1. The van der Waals surface area contributed by atoms with Crippen molar-refractivity contribution < 1.29 is 9.90 Å². The molecule has 3 rings (SSSR count). The van der Waals surface area contributed by atoms with Crippen LogP contribution >= 0.6 is 0 Å². The van der Waals surface area contributed by atoms with Crippen molar-refractivity contribution in [3.8, 4) is 0 Å². The molecule has 1 aliphatic rings. The average Bonchev–Trinajstić information content (AvgIpc) is 3.35. The second kappa shape index (κ2) is 6.49. The summed E-state index contributed by atoms with van der Waals surface area (Å²) in [5.74, 6) is -0.711. The lowest BCUT2D eigenvalue weighted by molar-refractivity contribution is -0.142. The molecule has 1 N–H and O–H groups in total. The Balaban J connectivity index is 1.65. The molecule has 22 heavy (non-hydrogen) atoms. The molecule has 0 spiro atoms. The molecule has 0 amide bonds. The number of hydrogen-bond acceptors (Lipinski definition) is 2. The molecular formula is C19H23NO2. The van der Waals surface area contributed by atoms with Crippen LogP contribution in [0, 0.1) is 0 Å². The molecule has 3 nitrogen and oxygen atoms in total. The summed E-state index contributed by atoms with van der Waals surface area (Å²) >= 11 is 0. The van der Waals surface area contributed by atoms with E-state index < -0.39 is 5.97 Å². The van der Waals surface area contributed by atoms with Crippen LogP contribution < -0.4 is 0 Å². The molecule has 1 unspecified atom stereocenters. The van der Waals surface area contributed by atoms with Gasteiger partial charge in [-0.25, -0.2) is 0 Å². The summed E-state index contributed by atoms with van der Waals surface area (Å²) in [4.78, 5) is 13.4. The van der Waals surface area contributed by atoms with E-state index in [2.05, 4.69) is 47.4 Å². The van der Waals surface area contributed by atoms with Gasteiger partial charge in [-0.15, -0.1) is 0 Å². The largest absolute Gasteiger partial charge is 0.480 e. The number of rotatable bonds is 7. The highest BCUT2D eigenvalue weighted by Gasteiger charge is 2.34. The molecule has 0 saturated heterocycles. The van der Waals surface area contributed by atoms with Crippen LogP contribution in [0.25, 0.3) is 10.8 Å². The third-order valence-corrected chi connectivity index (χ3v) is 4.61. The summed E-state index contributed by atoms with van der Waals surface area (Å²) in [5.41, 5.74) is 1.36. The van der Waals surface area contributed by atoms with Crippen molar-refractivity contribution in [3.05, 3.63) is 48.0 Å². The summed E-state index contributed by atoms with van der Waals surface area (Å²) in [5, 5.41) is 11.8. The van der Waals surface area contributed by atoms with Crippen LogP contribution in [0.15, 0.2) is 42.5 Å². The van der Waals surface area contributed by atoms with E-state index in [1.54, 1.807) is 6.92 Å². The number of carboxylic acid groups (broad SMARTS) is 1. The zero-order chi connectivity index (χ0) is 15.5. The molecule has 0 aromatic heterocycles. The number of fused-ring (bicyclic) bond motifs is 1. The van der Waals surface area contributed by atoms with Gasteiger partial charge in [-0.2, -0.15) is 0 Å². The molecule has 1 aliphatic carbocycles. The maximum Gasteiger partial charge on any atom is 0.320 e. The zero-order valence-electron chi connectivity index (χ0n) is 13.0. The monoisotopic (exact) mass is 297 g/mol. The Morgan fingerprint density at radius 3 is 2.68 bits per heavy atom. The lowest BCUT2D eigenvalue weighted by Gasteiger charge is -2.26. The van der Waals surface area contributed by atoms with Crippen molar-refractivity contribution in [2.24, 2.45) is 0 Å². The van der Waals surface area contributed by atoms with Crippen LogP contribution in [0.4, 0.5) is 0 Å². The number of carboxylic acids is 1. The van der Waals surface area contributed by atoms with Crippen molar-refractivity contribution in [2.75, 3.05) is 6.54 Å². The number of carbonyl (C=O) groups is 1. The van der Waals surface area contributed by atoms with E-state index in [-0.39, 0.29) is 6.04 Å². The third kappa shape index (κ3) is 3.30. The lowest BCUT2D eigenvalue weighted by Crippen LogP contribution is -2.41. The Hall–Kier alpha value is -1.87. The standard InChI is InChI=1S/C19H23NO2/c1-14(19(21)22)20(17-11-12-17)13-5-9-16-8-4-7-15-6-2-3-10-18(15)16/h2-4,6-8,10,14,17H,5,9,11-13H2,1H3,(H,21,22). The molecule has 1 saturated carbocycles. The summed E-state index contributed by atoms with van der Waals surface area (Å²) in [7, 11) is 0. The molecule has 0 aliphatic heterocycles. The molecule has 0 heterocycles. The fourth-order valence-electron chi connectivity index (χ4n) is 3.20. The first-order valence-electron chi connectivity index (χ1n) is 8.12. The molecular weight excluding hydrogens is 274 g/mol. The van der Waals surface area contributed by atoms with E-state index >= 15 is 0 Å². The smallest absolute Gasteiger partial charge is 0.320 e. The maximum atomic E-state index is 11.2. The Morgan fingerprint density at radius 2 is 1.95 bits per heavy atom. The first-order chi connectivity index (χ1) is 10.7. The molecule has 1 fully saturated rings. The number of benzene rings is 2. The Morgan fingerprint density at radius 1 is 1.23 bits per heavy atom. The van der Waals surface area contributed by atoms with Crippen LogP contribution in [-0.2, 0) is 11.2 Å². The predicted molar refractivity (Wildman–Crippen MR) is 89.1 cm³/mol. The van der Waals surface area contributed by atoms with Gasteiger partial charge in [0, 0.05) is 6.04 Å². The third-order valence-electron chi connectivity index (χ3n) is 4.61.